The van der Waals surface area contributed by atoms with Gasteiger partial charge in [0.1, 0.15) is 5.82 Å². The van der Waals surface area contributed by atoms with Gasteiger partial charge in [0, 0.05) is 23.9 Å². The van der Waals surface area contributed by atoms with Gasteiger partial charge in [-0.25, -0.2) is 9.78 Å². The third kappa shape index (κ3) is 3.11. The van der Waals surface area contributed by atoms with Gasteiger partial charge in [-0.2, -0.15) is 0 Å². The lowest BCUT2D eigenvalue weighted by atomic mass is 9.83. The van der Waals surface area contributed by atoms with Gasteiger partial charge >= 0.3 is 5.97 Å². The summed E-state index contributed by atoms with van der Waals surface area (Å²) in [6.45, 7) is 7.29. The summed E-state index contributed by atoms with van der Waals surface area (Å²) in [5.74, 6) is -0.163. The second-order valence-corrected chi connectivity index (χ2v) is 9.21. The summed E-state index contributed by atoms with van der Waals surface area (Å²) in [5.41, 5.74) is 3.06. The number of rotatable bonds is 4. The van der Waals surface area contributed by atoms with Gasteiger partial charge in [0.15, 0.2) is 0 Å². The first-order chi connectivity index (χ1) is 15.3. The summed E-state index contributed by atoms with van der Waals surface area (Å²) in [7, 11) is 0. The molecule has 3 aromatic rings. The van der Waals surface area contributed by atoms with E-state index < -0.39 is 5.97 Å². The van der Waals surface area contributed by atoms with Crippen LogP contribution in [0.2, 0.25) is 0 Å². The van der Waals surface area contributed by atoms with Crippen LogP contribution in [0.3, 0.4) is 0 Å². The van der Waals surface area contributed by atoms with Crippen LogP contribution in [-0.2, 0) is 10.2 Å². The molecule has 0 saturated carbocycles. The Balaban J connectivity index is 1.67. The van der Waals surface area contributed by atoms with Crippen LogP contribution < -0.4 is 10.9 Å². The van der Waals surface area contributed by atoms with E-state index >= 15 is 0 Å². The zero-order valence-corrected chi connectivity index (χ0v) is 18.5. The quantitative estimate of drug-likeness (QED) is 0.641. The molecule has 0 aliphatic carbocycles. The standard InChI is InChI=1S/C25H27N3O4/c1-14-10-18(16(3)26-20-7-5-4-6-17(20)23(30)31)21-19(11-14)22(29)28-15(2)12-25(24(28)27-21)8-9-32-13-25/h4-7,10-11,15-16,26H,8-9,12-13H2,1-3H3,(H,30,31)/t15-,16-,25+/m1/s1. The van der Waals surface area contributed by atoms with Gasteiger partial charge in [0.05, 0.1) is 34.5 Å². The molecule has 3 atom stereocenters. The molecule has 1 fully saturated rings. The Labute approximate surface area is 186 Å². The highest BCUT2D eigenvalue weighted by Gasteiger charge is 2.47. The highest BCUT2D eigenvalue weighted by Crippen LogP contribution is 2.45. The molecule has 0 bridgehead atoms. The van der Waals surface area contributed by atoms with Crippen molar-refractivity contribution in [3.8, 4) is 0 Å². The first-order valence-corrected chi connectivity index (χ1v) is 11.0. The monoisotopic (exact) mass is 433 g/mol. The van der Waals surface area contributed by atoms with Crippen LogP contribution in [0.1, 0.15) is 66.1 Å². The number of hydrogen-bond acceptors (Lipinski definition) is 5. The third-order valence-corrected chi connectivity index (χ3v) is 6.88. The smallest absolute Gasteiger partial charge is 0.337 e. The zero-order valence-electron chi connectivity index (χ0n) is 18.5. The highest BCUT2D eigenvalue weighted by molar-refractivity contribution is 5.94. The third-order valence-electron chi connectivity index (χ3n) is 6.88. The predicted octanol–water partition coefficient (Wildman–Crippen LogP) is 4.20. The van der Waals surface area contributed by atoms with Crippen LogP contribution in [0, 0.1) is 6.92 Å². The number of anilines is 1. The number of nitrogens with one attached hydrogen (secondary N) is 1. The van der Waals surface area contributed by atoms with Crippen molar-refractivity contribution in [1.82, 2.24) is 9.55 Å². The van der Waals surface area contributed by atoms with Crippen LogP contribution >= 0.6 is 0 Å². The van der Waals surface area contributed by atoms with Gasteiger partial charge in [-0.15, -0.1) is 0 Å². The largest absolute Gasteiger partial charge is 0.478 e. The molecule has 0 amide bonds. The maximum Gasteiger partial charge on any atom is 0.337 e. The minimum absolute atomic E-state index is 0.00985. The number of carboxylic acid groups (broad SMARTS) is 1. The average molecular weight is 434 g/mol. The zero-order chi connectivity index (χ0) is 22.6. The fourth-order valence-electron chi connectivity index (χ4n) is 5.39. The van der Waals surface area contributed by atoms with Crippen LogP contribution in [0.25, 0.3) is 10.9 Å². The summed E-state index contributed by atoms with van der Waals surface area (Å²) < 4.78 is 7.59. The molecule has 1 aromatic heterocycles. The van der Waals surface area contributed by atoms with E-state index in [1.54, 1.807) is 24.3 Å². The number of carbonyl (C=O) groups is 1. The minimum atomic E-state index is -0.985. The molecule has 1 spiro atoms. The van der Waals surface area contributed by atoms with Crippen LogP contribution in [-0.4, -0.2) is 33.8 Å². The Kier molecular flexibility index (Phi) is 4.82. The molecule has 166 valence electrons. The molecular weight excluding hydrogens is 406 g/mol. The average Bonchev–Trinajstić information content (AvgIpc) is 3.33. The number of fused-ring (bicyclic) bond motifs is 3. The van der Waals surface area contributed by atoms with E-state index in [1.165, 1.54) is 0 Å². The number of aromatic carboxylic acids is 1. The number of benzene rings is 2. The van der Waals surface area contributed by atoms with Crippen LogP contribution in [0.4, 0.5) is 5.69 Å². The van der Waals surface area contributed by atoms with E-state index in [1.807, 2.05) is 30.5 Å². The molecule has 32 heavy (non-hydrogen) atoms. The first-order valence-electron chi connectivity index (χ1n) is 11.0. The van der Waals surface area contributed by atoms with Crippen molar-refractivity contribution in [1.29, 1.82) is 0 Å². The van der Waals surface area contributed by atoms with Gasteiger partial charge in [0.2, 0.25) is 0 Å². The molecule has 2 aromatic carbocycles. The lowest BCUT2D eigenvalue weighted by Crippen LogP contribution is -2.29. The van der Waals surface area contributed by atoms with Gasteiger partial charge < -0.3 is 15.2 Å². The van der Waals surface area contributed by atoms with Crippen molar-refractivity contribution in [3.05, 3.63) is 69.3 Å². The topological polar surface area (TPSA) is 93.5 Å². The second-order valence-electron chi connectivity index (χ2n) is 9.21. The number of para-hydroxylation sites is 1. The summed E-state index contributed by atoms with van der Waals surface area (Å²) in [6, 6.07) is 10.6. The van der Waals surface area contributed by atoms with Crippen LogP contribution in [0.15, 0.2) is 41.2 Å². The molecule has 5 rings (SSSR count). The van der Waals surface area contributed by atoms with Crippen molar-refractivity contribution in [2.24, 2.45) is 0 Å². The maximum absolute atomic E-state index is 13.6. The first kappa shape index (κ1) is 20.7. The normalized spacial score (nSPS) is 22.9. The Morgan fingerprint density at radius 3 is 2.84 bits per heavy atom. The van der Waals surface area contributed by atoms with E-state index in [4.69, 9.17) is 9.72 Å². The molecule has 2 aliphatic heterocycles. The van der Waals surface area contributed by atoms with E-state index in [9.17, 15) is 14.7 Å². The molecule has 0 radical (unpaired) electrons. The van der Waals surface area contributed by atoms with E-state index in [0.29, 0.717) is 29.8 Å². The number of aryl methyl sites for hydroxylation is 1. The van der Waals surface area contributed by atoms with Crippen LogP contribution in [0.5, 0.6) is 0 Å². The molecule has 0 unspecified atom stereocenters. The minimum Gasteiger partial charge on any atom is -0.478 e. The van der Waals surface area contributed by atoms with Crippen molar-refractivity contribution >= 4 is 22.6 Å². The Morgan fingerprint density at radius 1 is 1.34 bits per heavy atom. The fourth-order valence-corrected chi connectivity index (χ4v) is 5.39. The number of aromatic nitrogens is 2. The van der Waals surface area contributed by atoms with Gasteiger partial charge in [-0.05, 0) is 57.4 Å². The van der Waals surface area contributed by atoms with Crippen molar-refractivity contribution in [2.75, 3.05) is 18.5 Å². The lowest BCUT2D eigenvalue weighted by Gasteiger charge is -2.22. The van der Waals surface area contributed by atoms with Crippen molar-refractivity contribution < 1.29 is 14.6 Å². The highest BCUT2D eigenvalue weighted by atomic mass is 16.5. The molecular formula is C25H27N3O4. The summed E-state index contributed by atoms with van der Waals surface area (Å²) in [4.78, 5) is 30.3. The molecule has 7 heteroatoms. The number of nitrogens with zero attached hydrogens (tertiary/aromatic N) is 2. The molecule has 3 heterocycles. The Morgan fingerprint density at radius 2 is 2.12 bits per heavy atom. The van der Waals surface area contributed by atoms with Gasteiger partial charge in [-0.3, -0.25) is 9.36 Å². The number of carboxylic acids is 1. The maximum atomic E-state index is 13.6. The van der Waals surface area contributed by atoms with E-state index in [-0.39, 0.29) is 28.6 Å². The lowest BCUT2D eigenvalue weighted by molar-refractivity contribution is 0.0698. The Bertz CT molecular complexity index is 1290. The molecule has 1 saturated heterocycles. The van der Waals surface area contributed by atoms with E-state index in [0.717, 1.165) is 29.8 Å². The summed E-state index contributed by atoms with van der Waals surface area (Å²) in [6.07, 6.45) is 1.73. The van der Waals surface area contributed by atoms with Gasteiger partial charge in [0.25, 0.3) is 5.56 Å². The fraction of sp³-hybridized carbons (Fsp3) is 0.400. The number of hydrogen-bond donors (Lipinski definition) is 2. The van der Waals surface area contributed by atoms with Crippen molar-refractivity contribution in [3.63, 3.8) is 0 Å². The molecule has 2 aliphatic rings. The van der Waals surface area contributed by atoms with Gasteiger partial charge in [-0.1, -0.05) is 18.2 Å². The molecule has 2 N–H and O–H groups in total. The summed E-state index contributed by atoms with van der Waals surface area (Å²) in [5, 5.41) is 13.5. The number of ether oxygens (including phenoxy) is 1. The van der Waals surface area contributed by atoms with Crippen molar-refractivity contribution in [2.45, 2.75) is 51.1 Å². The van der Waals surface area contributed by atoms with E-state index in [2.05, 4.69) is 12.2 Å². The summed E-state index contributed by atoms with van der Waals surface area (Å²) >= 11 is 0. The Hall–Kier alpha value is -3.19. The molecule has 7 nitrogen and oxygen atoms in total. The predicted molar refractivity (Wildman–Crippen MR) is 123 cm³/mol. The second kappa shape index (κ2) is 7.45. The SMILES string of the molecule is Cc1cc([C@@H](C)Nc2ccccc2C(=O)O)c2nc3n(c(=O)c2c1)[C@H](C)C[C@]31CCOC1.